The summed E-state index contributed by atoms with van der Waals surface area (Å²) < 4.78 is 22.5. The van der Waals surface area contributed by atoms with Gasteiger partial charge in [0.15, 0.2) is 0 Å². The van der Waals surface area contributed by atoms with Crippen LogP contribution in [0.4, 0.5) is 0 Å². The first-order valence-corrected chi connectivity index (χ1v) is 6.01. The van der Waals surface area contributed by atoms with Gasteiger partial charge >= 0.3 is 0 Å². The Hall–Kier alpha value is -0.0951. The number of rotatable bonds is 6. The van der Waals surface area contributed by atoms with Crippen LogP contribution in [0.2, 0.25) is 0 Å². The highest BCUT2D eigenvalue weighted by atomic mass is 16.6. The number of hydrogen-bond donors (Lipinski definition) is 0. The summed E-state index contributed by atoms with van der Waals surface area (Å²) in [5.74, 6) is 0. The minimum Gasteiger partial charge on any atom is -0.376 e. The van der Waals surface area contributed by atoms with Crippen molar-refractivity contribution in [2.24, 2.45) is 0 Å². The Balaban J connectivity index is 2.52. The monoisotopic (exact) mass is 230 g/mol. The summed E-state index contributed by atoms with van der Waals surface area (Å²) in [7, 11) is 3.71. The fraction of sp³-hybridized carbons (Fsp3) is 1.00. The number of methoxy groups -OCH3 is 1. The van der Waals surface area contributed by atoms with Gasteiger partial charge in [-0.25, -0.2) is 0 Å². The standard InChI is InChI=1S/C11H23BO4/c1-5-14-10-9(13-4)8(16-11(10)12)6-15-7(2)3/h7-11H,5-6,12H2,1-4H3/t8-,9?,10?,11-/m1/s1. The first-order chi connectivity index (χ1) is 7.60. The van der Waals surface area contributed by atoms with E-state index in [0.717, 1.165) is 0 Å². The Labute approximate surface area is 99.0 Å². The molecule has 1 fully saturated rings. The van der Waals surface area contributed by atoms with Crippen molar-refractivity contribution in [2.45, 2.75) is 51.2 Å². The maximum absolute atomic E-state index is 5.81. The van der Waals surface area contributed by atoms with Gasteiger partial charge in [-0.3, -0.25) is 0 Å². The van der Waals surface area contributed by atoms with Crippen molar-refractivity contribution >= 4 is 7.85 Å². The second-order valence-electron chi connectivity index (χ2n) is 4.38. The molecule has 4 nitrogen and oxygen atoms in total. The Bertz CT molecular complexity index is 200. The summed E-state index contributed by atoms with van der Waals surface area (Å²) in [5, 5.41) is 0. The predicted octanol–water partition coefficient (Wildman–Crippen LogP) is 0.189. The predicted molar refractivity (Wildman–Crippen MR) is 64.5 cm³/mol. The van der Waals surface area contributed by atoms with Gasteiger partial charge in [0.1, 0.15) is 26.2 Å². The van der Waals surface area contributed by atoms with Gasteiger partial charge in [-0.05, 0) is 20.8 Å². The molecule has 0 spiro atoms. The lowest BCUT2D eigenvalue weighted by Gasteiger charge is -2.22. The van der Waals surface area contributed by atoms with Crippen LogP contribution in [-0.4, -0.2) is 58.6 Å². The van der Waals surface area contributed by atoms with Gasteiger partial charge in [0, 0.05) is 13.7 Å². The topological polar surface area (TPSA) is 36.9 Å². The van der Waals surface area contributed by atoms with E-state index in [1.807, 2.05) is 28.6 Å². The first-order valence-electron chi connectivity index (χ1n) is 6.01. The van der Waals surface area contributed by atoms with E-state index in [0.29, 0.717) is 13.2 Å². The largest absolute Gasteiger partial charge is 0.376 e. The lowest BCUT2D eigenvalue weighted by Crippen LogP contribution is -2.38. The molecule has 4 atom stereocenters. The highest BCUT2D eigenvalue weighted by Gasteiger charge is 2.43. The average Bonchev–Trinajstić information content (AvgIpc) is 2.53. The zero-order chi connectivity index (χ0) is 12.1. The van der Waals surface area contributed by atoms with Gasteiger partial charge in [0.05, 0.1) is 18.7 Å². The molecule has 0 saturated carbocycles. The van der Waals surface area contributed by atoms with Gasteiger partial charge in [0.2, 0.25) is 0 Å². The number of hydrogen-bond acceptors (Lipinski definition) is 4. The summed E-state index contributed by atoms with van der Waals surface area (Å²) in [4.78, 5) is 0. The van der Waals surface area contributed by atoms with Crippen molar-refractivity contribution in [1.29, 1.82) is 0 Å². The van der Waals surface area contributed by atoms with E-state index < -0.39 is 0 Å². The molecule has 5 heteroatoms. The minimum absolute atomic E-state index is 0.00997. The van der Waals surface area contributed by atoms with Crippen molar-refractivity contribution < 1.29 is 18.9 Å². The molecule has 0 aromatic carbocycles. The van der Waals surface area contributed by atoms with Gasteiger partial charge in [-0.1, -0.05) is 0 Å². The molecular weight excluding hydrogens is 207 g/mol. The minimum atomic E-state index is -0.0336. The van der Waals surface area contributed by atoms with Crippen LogP contribution < -0.4 is 0 Å². The van der Waals surface area contributed by atoms with E-state index in [9.17, 15) is 0 Å². The molecule has 16 heavy (non-hydrogen) atoms. The summed E-state index contributed by atoms with van der Waals surface area (Å²) in [6.45, 7) is 7.25. The second kappa shape index (κ2) is 6.59. The van der Waals surface area contributed by atoms with E-state index in [-0.39, 0.29) is 30.4 Å². The molecule has 0 aliphatic carbocycles. The van der Waals surface area contributed by atoms with Crippen LogP contribution >= 0.6 is 0 Å². The van der Waals surface area contributed by atoms with E-state index in [2.05, 4.69) is 0 Å². The smallest absolute Gasteiger partial charge is 0.142 e. The second-order valence-corrected chi connectivity index (χ2v) is 4.38. The Morgan fingerprint density at radius 3 is 2.50 bits per heavy atom. The molecule has 0 aromatic rings. The number of ether oxygens (including phenoxy) is 4. The highest BCUT2D eigenvalue weighted by Crippen LogP contribution is 2.25. The lowest BCUT2D eigenvalue weighted by atomic mass is 9.93. The summed E-state index contributed by atoms with van der Waals surface area (Å²) >= 11 is 0. The molecule has 0 amide bonds. The normalized spacial score (nSPS) is 34.8. The van der Waals surface area contributed by atoms with Crippen molar-refractivity contribution in [3.05, 3.63) is 0 Å². The Kier molecular flexibility index (Phi) is 5.76. The van der Waals surface area contributed by atoms with Crippen LogP contribution in [0.15, 0.2) is 0 Å². The lowest BCUT2D eigenvalue weighted by molar-refractivity contribution is -0.0683. The van der Waals surface area contributed by atoms with Crippen molar-refractivity contribution in [3.63, 3.8) is 0 Å². The molecule has 0 bridgehead atoms. The van der Waals surface area contributed by atoms with Crippen LogP contribution in [0.1, 0.15) is 20.8 Å². The Morgan fingerprint density at radius 2 is 2.00 bits per heavy atom. The molecule has 94 valence electrons. The molecule has 1 heterocycles. The third-order valence-corrected chi connectivity index (χ3v) is 2.77. The third kappa shape index (κ3) is 3.45. The summed E-state index contributed by atoms with van der Waals surface area (Å²) in [5.41, 5.74) is 0. The van der Waals surface area contributed by atoms with Crippen LogP contribution in [0.5, 0.6) is 0 Å². The molecule has 2 unspecified atom stereocenters. The average molecular weight is 230 g/mol. The Morgan fingerprint density at radius 1 is 1.31 bits per heavy atom. The van der Waals surface area contributed by atoms with E-state index in [4.69, 9.17) is 18.9 Å². The SMILES string of the molecule is B[C@@H]1O[C@H](COC(C)C)C(OC)C1OCC. The molecular formula is C11H23BO4. The summed E-state index contributed by atoms with van der Waals surface area (Å²) in [6.07, 6.45) is 0.158. The molecule has 1 saturated heterocycles. The summed E-state index contributed by atoms with van der Waals surface area (Å²) in [6, 6.07) is 0.0608. The van der Waals surface area contributed by atoms with Crippen molar-refractivity contribution in [1.82, 2.24) is 0 Å². The highest BCUT2D eigenvalue weighted by molar-refractivity contribution is 6.11. The molecule has 0 radical (unpaired) electrons. The van der Waals surface area contributed by atoms with Gasteiger partial charge in [-0.2, -0.15) is 0 Å². The van der Waals surface area contributed by atoms with Gasteiger partial charge < -0.3 is 18.9 Å². The fourth-order valence-corrected chi connectivity index (χ4v) is 2.04. The van der Waals surface area contributed by atoms with Crippen molar-refractivity contribution in [2.75, 3.05) is 20.3 Å². The van der Waals surface area contributed by atoms with Crippen LogP contribution in [0, 0.1) is 0 Å². The third-order valence-electron chi connectivity index (χ3n) is 2.77. The van der Waals surface area contributed by atoms with Crippen molar-refractivity contribution in [3.8, 4) is 0 Å². The van der Waals surface area contributed by atoms with E-state index in [1.165, 1.54) is 0 Å². The fourth-order valence-electron chi connectivity index (χ4n) is 2.04. The first kappa shape index (κ1) is 14.0. The van der Waals surface area contributed by atoms with E-state index in [1.54, 1.807) is 7.11 Å². The van der Waals surface area contributed by atoms with Gasteiger partial charge in [0.25, 0.3) is 0 Å². The quantitative estimate of drug-likeness (QED) is 0.610. The maximum Gasteiger partial charge on any atom is 0.142 e. The molecule has 1 rings (SSSR count). The van der Waals surface area contributed by atoms with Crippen LogP contribution in [0.3, 0.4) is 0 Å². The van der Waals surface area contributed by atoms with E-state index >= 15 is 0 Å². The van der Waals surface area contributed by atoms with Crippen LogP contribution in [-0.2, 0) is 18.9 Å². The zero-order valence-electron chi connectivity index (χ0n) is 10.9. The molecule has 1 aliphatic heterocycles. The zero-order valence-corrected chi connectivity index (χ0v) is 10.9. The molecule has 1 aliphatic rings. The molecule has 0 N–H and O–H groups in total. The van der Waals surface area contributed by atoms with Gasteiger partial charge in [-0.15, -0.1) is 0 Å². The molecule has 0 aromatic heterocycles. The van der Waals surface area contributed by atoms with Crippen LogP contribution in [0.25, 0.3) is 0 Å². The maximum atomic E-state index is 5.81.